The zero-order valence-electron chi connectivity index (χ0n) is 77.9. The zero-order chi connectivity index (χ0) is 89.0. The molecule has 11 heteroatoms. The van der Waals surface area contributed by atoms with Crippen molar-refractivity contribution < 1.29 is 4.74 Å². The summed E-state index contributed by atoms with van der Waals surface area (Å²) >= 11 is 1.86. The van der Waals surface area contributed by atoms with Gasteiger partial charge in [-0.05, 0) is 276 Å². The molecule has 0 N–H and O–H groups in total. The van der Waals surface area contributed by atoms with Crippen LogP contribution in [0, 0.1) is 0 Å². The summed E-state index contributed by atoms with van der Waals surface area (Å²) in [5, 5.41) is 8.91. The molecule has 0 unspecified atom stereocenters. The van der Waals surface area contributed by atoms with E-state index in [1.807, 2.05) is 36.0 Å². The SMILES string of the molecule is CC(C)(C)N1c2ccccc2Oc2ccccc21.CC(C)(C)N1c2ccccc2Sc2ccccc21.CC(C)(C)N1c2ccccc2[Si](C)(C)c2ccccc21.CC(C)(C)N1c2ccccc2[Si](c2ccccc2)(c2ccccc2)c2ccccc21.CC1(C)c2ccccc2N(C(C)(C)C)c2ccccc21.CN1c2ccccc2N(C(C)(C)C)c2ccccc21. The topological polar surface area (TPSA) is 31.9 Å². The molecule has 6 aliphatic heterocycles. The lowest BCUT2D eigenvalue weighted by molar-refractivity contribution is 0.451. The van der Waals surface area contributed by atoms with Gasteiger partial charge in [-0.25, -0.2) is 0 Å². The number of fused-ring (bicyclic) bond motifs is 12. The number of para-hydroxylation sites is 16. The van der Waals surface area contributed by atoms with Gasteiger partial charge in [-0.15, -0.1) is 0 Å². The molecular formula is C114H127N7OSSi2. The van der Waals surface area contributed by atoms with Crippen LogP contribution in [0.15, 0.2) is 362 Å². The first-order chi connectivity index (χ1) is 59.3. The standard InChI is InChI=1S/C28H27NSi.C19H23N.C18H23NSi.C17H20N2.C16H17NO.C16H17NS/c1-28(2,3)29-24-18-10-12-20-26(24)30(22-14-6-4-7-15-22,23-16-8-5-9-17-23)27-21-13-11-19-25(27)29;1-18(2,3)20-16-12-8-6-10-14(16)19(4,5)15-11-7-9-13-17(15)20;1-18(2,3)19-14-10-6-8-12-16(14)20(4,5)17-13-9-7-11-15(17)19;1-17(2,3)19-15-11-7-5-9-13(15)18(4)14-10-6-8-12-16(14)19;2*1-16(2,3)17-12-8-4-6-10-14(12)18-15-11-7-5-9-13(15)17/h4-21H,1-3H3;2*6-13H,1-5H3;5-12H,1-4H3;2*4-11H,1-3H3. The summed E-state index contributed by atoms with van der Waals surface area (Å²) in [7, 11) is -1.90. The Morgan fingerprint density at radius 3 is 0.800 bits per heavy atom. The Balaban J connectivity index is 0.000000117. The van der Waals surface area contributed by atoms with Gasteiger partial charge < -0.3 is 39.0 Å². The molecule has 0 atom stereocenters. The van der Waals surface area contributed by atoms with Crippen molar-refractivity contribution in [3.8, 4) is 11.5 Å². The summed E-state index contributed by atoms with van der Waals surface area (Å²) in [6, 6.07) is 127. The van der Waals surface area contributed by atoms with Crippen molar-refractivity contribution in [3.63, 3.8) is 0 Å². The monoisotopic (exact) mass is 1700 g/mol. The van der Waals surface area contributed by atoms with Gasteiger partial charge in [0.05, 0.1) is 45.5 Å². The van der Waals surface area contributed by atoms with E-state index in [1.165, 1.54) is 110 Å². The van der Waals surface area contributed by atoms with Crippen molar-refractivity contribution in [1.82, 2.24) is 0 Å². The predicted octanol–water partition coefficient (Wildman–Crippen LogP) is 27.9. The number of nitrogens with zero attached hydrogens (tertiary/aromatic N) is 7. The molecule has 6 aliphatic rings. The molecule has 14 aromatic carbocycles. The predicted molar refractivity (Wildman–Crippen MR) is 547 cm³/mol. The highest BCUT2D eigenvalue weighted by atomic mass is 32.2. The first kappa shape index (κ1) is 88.1. The summed E-state index contributed by atoms with van der Waals surface area (Å²) < 4.78 is 5.96. The number of ether oxygens (including phenoxy) is 1. The lowest BCUT2D eigenvalue weighted by atomic mass is 9.73. The van der Waals surface area contributed by atoms with Crippen LogP contribution in [0.2, 0.25) is 13.1 Å². The van der Waals surface area contributed by atoms with Crippen LogP contribution in [0.25, 0.3) is 0 Å². The highest BCUT2D eigenvalue weighted by Gasteiger charge is 2.51. The van der Waals surface area contributed by atoms with E-state index in [0.29, 0.717) is 0 Å². The summed E-state index contributed by atoms with van der Waals surface area (Å²) in [6.07, 6.45) is 0. The Morgan fingerprint density at radius 1 is 0.232 bits per heavy atom. The van der Waals surface area contributed by atoms with E-state index in [-0.39, 0.29) is 38.6 Å². The second-order valence-corrected chi connectivity index (χ2v) is 49.6. The molecule has 638 valence electrons. The molecule has 125 heavy (non-hydrogen) atoms. The molecule has 0 spiro atoms. The Morgan fingerprint density at radius 2 is 0.456 bits per heavy atom. The van der Waals surface area contributed by atoms with Gasteiger partial charge in [0.2, 0.25) is 0 Å². The van der Waals surface area contributed by atoms with Crippen molar-refractivity contribution >= 4 is 139 Å². The van der Waals surface area contributed by atoms with Crippen LogP contribution >= 0.6 is 11.8 Å². The number of hydrogen-bond donors (Lipinski definition) is 0. The van der Waals surface area contributed by atoms with Crippen LogP contribution < -0.4 is 70.2 Å². The summed E-state index contributed by atoms with van der Waals surface area (Å²) in [6.45, 7) is 50.4. The van der Waals surface area contributed by atoms with Gasteiger partial charge in [0, 0.05) is 89.6 Å². The Hall–Kier alpha value is -11.7. The van der Waals surface area contributed by atoms with Gasteiger partial charge in [0.1, 0.15) is 8.07 Å². The van der Waals surface area contributed by atoms with Crippen LogP contribution in [-0.4, -0.2) is 56.4 Å². The third-order valence-electron chi connectivity index (χ3n) is 24.6. The third kappa shape index (κ3) is 16.9. The van der Waals surface area contributed by atoms with Crippen molar-refractivity contribution in [2.45, 2.75) is 200 Å². The average Bonchev–Trinajstić information content (AvgIpc) is 0.683. The van der Waals surface area contributed by atoms with Gasteiger partial charge >= 0.3 is 0 Å². The number of rotatable bonds is 2. The minimum Gasteiger partial charge on any atom is -0.453 e. The molecule has 14 aromatic rings. The number of anilines is 14. The molecule has 0 aliphatic carbocycles. The molecule has 0 radical (unpaired) electrons. The lowest BCUT2D eigenvalue weighted by Crippen LogP contribution is -2.78. The van der Waals surface area contributed by atoms with Crippen molar-refractivity contribution in [2.75, 3.05) is 41.3 Å². The second-order valence-electron chi connectivity index (χ2n) is 40.5. The van der Waals surface area contributed by atoms with E-state index in [9.17, 15) is 0 Å². The molecular weight excluding hydrogens is 1570 g/mol. The van der Waals surface area contributed by atoms with Gasteiger partial charge in [0.15, 0.2) is 19.6 Å². The molecule has 0 saturated carbocycles. The van der Waals surface area contributed by atoms with E-state index in [0.717, 1.165) is 22.9 Å². The van der Waals surface area contributed by atoms with Gasteiger partial charge in [-0.3, -0.25) is 0 Å². The van der Waals surface area contributed by atoms with Gasteiger partial charge in [-0.2, -0.15) is 0 Å². The molecule has 20 rings (SSSR count). The molecule has 0 saturated heterocycles. The fourth-order valence-electron chi connectivity index (χ4n) is 19.6. The lowest BCUT2D eigenvalue weighted by Gasteiger charge is -2.49. The molecule has 0 aromatic heterocycles. The third-order valence-corrected chi connectivity index (χ3v) is 34.2. The smallest absolute Gasteiger partial charge is 0.183 e. The van der Waals surface area contributed by atoms with E-state index < -0.39 is 16.1 Å². The van der Waals surface area contributed by atoms with Crippen LogP contribution in [0.5, 0.6) is 11.5 Å². The van der Waals surface area contributed by atoms with E-state index in [2.05, 4.69) is 520 Å². The van der Waals surface area contributed by atoms with E-state index in [1.54, 1.807) is 10.4 Å². The first-order valence-electron chi connectivity index (χ1n) is 44.5. The zero-order valence-corrected chi connectivity index (χ0v) is 80.7. The Labute approximate surface area is 753 Å². The van der Waals surface area contributed by atoms with Crippen molar-refractivity contribution in [2.24, 2.45) is 0 Å². The minimum absolute atomic E-state index is 0.00991. The fourth-order valence-corrected chi connectivity index (χ4v) is 28.8. The second kappa shape index (κ2) is 34.3. The summed E-state index contributed by atoms with van der Waals surface area (Å²) in [5.74, 6) is 1.84. The van der Waals surface area contributed by atoms with E-state index >= 15 is 0 Å². The summed E-state index contributed by atoms with van der Waals surface area (Å²) in [5.41, 5.74) is 21.2. The maximum absolute atomic E-state index is 5.96. The fraction of sp³-hybridized carbons (Fsp3) is 0.263. The molecule has 0 bridgehead atoms. The number of hydrogen-bond acceptors (Lipinski definition) is 9. The highest BCUT2D eigenvalue weighted by Crippen LogP contribution is 2.55. The van der Waals surface area contributed by atoms with Crippen molar-refractivity contribution in [3.05, 3.63) is 363 Å². The maximum Gasteiger partial charge on any atom is 0.183 e. The van der Waals surface area contributed by atoms with Crippen LogP contribution in [0.4, 0.5) is 79.6 Å². The largest absolute Gasteiger partial charge is 0.453 e. The summed E-state index contributed by atoms with van der Waals surface area (Å²) in [4.78, 5) is 19.7. The minimum atomic E-state index is -2.44. The molecule has 0 fully saturated rings. The highest BCUT2D eigenvalue weighted by molar-refractivity contribution is 7.99. The van der Waals surface area contributed by atoms with Crippen LogP contribution in [0.1, 0.15) is 150 Å². The quantitative estimate of drug-likeness (QED) is 0.157. The Kier molecular flexibility index (Phi) is 24.2. The van der Waals surface area contributed by atoms with Gasteiger partial charge in [-0.1, -0.05) is 281 Å². The average molecular weight is 1700 g/mol. The molecule has 6 heterocycles. The van der Waals surface area contributed by atoms with Crippen LogP contribution in [-0.2, 0) is 5.41 Å². The normalized spacial score (nSPS) is 15.0. The van der Waals surface area contributed by atoms with Gasteiger partial charge in [0.25, 0.3) is 0 Å². The molecule has 0 amide bonds. The van der Waals surface area contributed by atoms with E-state index in [4.69, 9.17) is 4.74 Å². The first-order valence-corrected chi connectivity index (χ1v) is 50.3. The van der Waals surface area contributed by atoms with Crippen molar-refractivity contribution in [1.29, 1.82) is 0 Å². The Bertz CT molecular complexity index is 5620. The maximum atomic E-state index is 5.96. The molecule has 8 nitrogen and oxygen atoms in total. The van der Waals surface area contributed by atoms with Crippen LogP contribution in [0.3, 0.4) is 0 Å². The number of benzene rings is 14.